The Kier molecular flexibility index (Phi) is 3.07. The second-order valence-electron chi connectivity index (χ2n) is 4.48. The molecule has 2 aromatic rings. The van der Waals surface area contributed by atoms with Crippen molar-refractivity contribution in [2.45, 2.75) is 24.9 Å². The fraction of sp³-hybridized carbons (Fsp3) is 0.286. The molecule has 0 aliphatic heterocycles. The second kappa shape index (κ2) is 4.56. The molecule has 0 saturated heterocycles. The van der Waals surface area contributed by atoms with Crippen molar-refractivity contribution in [2.24, 2.45) is 0 Å². The Balaban J connectivity index is 2.01. The zero-order chi connectivity index (χ0) is 11.8. The highest BCUT2D eigenvalue weighted by atomic mass is 79.9. The van der Waals surface area contributed by atoms with Gasteiger partial charge in [-0.2, -0.15) is 11.3 Å². The van der Waals surface area contributed by atoms with Gasteiger partial charge in [0.1, 0.15) is 6.10 Å². The van der Waals surface area contributed by atoms with E-state index in [1.54, 1.807) is 11.3 Å². The van der Waals surface area contributed by atoms with Crippen LogP contribution in [0.25, 0.3) is 0 Å². The lowest BCUT2D eigenvalue weighted by Gasteiger charge is -2.15. The lowest BCUT2D eigenvalue weighted by Crippen LogP contribution is -2.02. The molecule has 1 fully saturated rings. The summed E-state index contributed by atoms with van der Waals surface area (Å²) in [6.45, 7) is 0. The van der Waals surface area contributed by atoms with Gasteiger partial charge in [-0.05, 0) is 51.2 Å². The molecule has 1 atom stereocenters. The molecule has 3 heteroatoms. The van der Waals surface area contributed by atoms with Gasteiger partial charge in [0.15, 0.2) is 0 Å². The molecular weight excluding hydrogens is 296 g/mol. The third-order valence-electron chi connectivity index (χ3n) is 3.24. The second-order valence-corrected chi connectivity index (χ2v) is 6.08. The molecule has 1 aliphatic carbocycles. The minimum Gasteiger partial charge on any atom is -0.384 e. The molecule has 1 N–H and O–H groups in total. The average molecular weight is 309 g/mol. The molecule has 88 valence electrons. The van der Waals surface area contributed by atoms with E-state index in [0.29, 0.717) is 5.92 Å². The van der Waals surface area contributed by atoms with Crippen molar-refractivity contribution in [1.29, 1.82) is 0 Å². The Hall–Kier alpha value is -0.640. The molecule has 0 amide bonds. The SMILES string of the molecule is OC(c1cscc1Br)c1ccccc1C1CC1. The molecule has 1 saturated carbocycles. The number of thiophene rings is 1. The molecule has 0 radical (unpaired) electrons. The van der Waals surface area contributed by atoms with Crippen molar-refractivity contribution in [3.05, 3.63) is 56.2 Å². The van der Waals surface area contributed by atoms with Crippen LogP contribution in [0.2, 0.25) is 0 Å². The third kappa shape index (κ3) is 2.19. The van der Waals surface area contributed by atoms with E-state index in [2.05, 4.69) is 28.1 Å². The first-order valence-corrected chi connectivity index (χ1v) is 7.49. The van der Waals surface area contributed by atoms with Crippen LogP contribution in [0.4, 0.5) is 0 Å². The van der Waals surface area contributed by atoms with E-state index in [1.165, 1.54) is 18.4 Å². The van der Waals surface area contributed by atoms with Gasteiger partial charge in [0.05, 0.1) is 0 Å². The Labute approximate surface area is 113 Å². The quantitative estimate of drug-likeness (QED) is 0.887. The number of halogens is 1. The minimum absolute atomic E-state index is 0.507. The first kappa shape index (κ1) is 11.5. The average Bonchev–Trinajstić information content (AvgIpc) is 3.11. The predicted octanol–water partition coefficient (Wildman–Crippen LogP) is 4.47. The summed E-state index contributed by atoms with van der Waals surface area (Å²) in [7, 11) is 0. The van der Waals surface area contributed by atoms with Gasteiger partial charge in [-0.1, -0.05) is 24.3 Å². The third-order valence-corrected chi connectivity index (χ3v) is 5.00. The summed E-state index contributed by atoms with van der Waals surface area (Å²) in [6.07, 6.45) is 2.01. The van der Waals surface area contributed by atoms with Crippen LogP contribution in [0.5, 0.6) is 0 Å². The van der Waals surface area contributed by atoms with Crippen LogP contribution < -0.4 is 0 Å². The molecule has 1 unspecified atom stereocenters. The predicted molar refractivity (Wildman–Crippen MR) is 74.5 cm³/mol. The highest BCUT2D eigenvalue weighted by Crippen LogP contribution is 2.44. The Morgan fingerprint density at radius 2 is 1.94 bits per heavy atom. The van der Waals surface area contributed by atoms with Crippen LogP contribution in [-0.4, -0.2) is 5.11 Å². The summed E-state index contributed by atoms with van der Waals surface area (Å²) in [5.74, 6) is 0.665. The van der Waals surface area contributed by atoms with Crippen LogP contribution in [-0.2, 0) is 0 Å². The van der Waals surface area contributed by atoms with Crippen molar-refractivity contribution >= 4 is 27.3 Å². The monoisotopic (exact) mass is 308 g/mol. The summed E-state index contributed by atoms with van der Waals surface area (Å²) in [6, 6.07) is 8.26. The first-order valence-electron chi connectivity index (χ1n) is 5.76. The van der Waals surface area contributed by atoms with Gasteiger partial charge in [0.25, 0.3) is 0 Å². The topological polar surface area (TPSA) is 20.2 Å². The maximum absolute atomic E-state index is 10.5. The van der Waals surface area contributed by atoms with Gasteiger partial charge in [-0.3, -0.25) is 0 Å². The molecule has 0 spiro atoms. The fourth-order valence-corrected chi connectivity index (χ4v) is 3.71. The van der Waals surface area contributed by atoms with E-state index < -0.39 is 6.10 Å². The summed E-state index contributed by atoms with van der Waals surface area (Å²) >= 11 is 5.10. The highest BCUT2D eigenvalue weighted by Gasteiger charge is 2.28. The zero-order valence-electron chi connectivity index (χ0n) is 9.27. The van der Waals surface area contributed by atoms with Crippen molar-refractivity contribution in [2.75, 3.05) is 0 Å². The van der Waals surface area contributed by atoms with Gasteiger partial charge in [0, 0.05) is 15.4 Å². The maximum atomic E-state index is 10.5. The molecule has 1 nitrogen and oxygen atoms in total. The standard InChI is InChI=1S/C14H13BrOS/c15-13-8-17-7-12(13)14(16)11-4-2-1-3-10(11)9-5-6-9/h1-4,7-9,14,16H,5-6H2. The van der Waals surface area contributed by atoms with E-state index in [-0.39, 0.29) is 0 Å². The van der Waals surface area contributed by atoms with Gasteiger partial charge >= 0.3 is 0 Å². The lowest BCUT2D eigenvalue weighted by molar-refractivity contribution is 0.219. The van der Waals surface area contributed by atoms with Gasteiger partial charge in [-0.25, -0.2) is 0 Å². The van der Waals surface area contributed by atoms with Gasteiger partial charge in [-0.15, -0.1) is 0 Å². The summed E-state index contributed by atoms with van der Waals surface area (Å²) in [4.78, 5) is 0. The highest BCUT2D eigenvalue weighted by molar-refractivity contribution is 9.10. The van der Waals surface area contributed by atoms with Crippen LogP contribution in [0, 0.1) is 0 Å². The normalized spacial score (nSPS) is 17.1. The number of hydrogen-bond donors (Lipinski definition) is 1. The molecule has 0 bridgehead atoms. The number of hydrogen-bond acceptors (Lipinski definition) is 2. The smallest absolute Gasteiger partial charge is 0.106 e. The largest absolute Gasteiger partial charge is 0.384 e. The molecule has 1 heterocycles. The fourth-order valence-electron chi connectivity index (χ4n) is 2.18. The molecule has 1 aliphatic rings. The van der Waals surface area contributed by atoms with Gasteiger partial charge in [0.2, 0.25) is 0 Å². The lowest BCUT2D eigenvalue weighted by atomic mass is 9.96. The minimum atomic E-state index is -0.507. The molecule has 17 heavy (non-hydrogen) atoms. The number of rotatable bonds is 3. The van der Waals surface area contributed by atoms with E-state index in [1.807, 2.05) is 22.9 Å². The zero-order valence-corrected chi connectivity index (χ0v) is 11.7. The Bertz CT molecular complexity index is 531. The van der Waals surface area contributed by atoms with Gasteiger partial charge < -0.3 is 5.11 Å². The summed E-state index contributed by atoms with van der Waals surface area (Å²) in [5.41, 5.74) is 3.36. The van der Waals surface area contributed by atoms with Crippen LogP contribution in [0.3, 0.4) is 0 Å². The Morgan fingerprint density at radius 1 is 1.18 bits per heavy atom. The van der Waals surface area contributed by atoms with Crippen LogP contribution >= 0.6 is 27.3 Å². The van der Waals surface area contributed by atoms with E-state index >= 15 is 0 Å². The van der Waals surface area contributed by atoms with Crippen molar-refractivity contribution in [3.8, 4) is 0 Å². The van der Waals surface area contributed by atoms with Crippen LogP contribution in [0.1, 0.15) is 41.6 Å². The van der Waals surface area contributed by atoms with E-state index in [0.717, 1.165) is 15.6 Å². The Morgan fingerprint density at radius 3 is 2.59 bits per heavy atom. The maximum Gasteiger partial charge on any atom is 0.106 e. The van der Waals surface area contributed by atoms with Crippen molar-refractivity contribution < 1.29 is 5.11 Å². The number of aliphatic hydroxyl groups is 1. The molecule has 1 aromatic carbocycles. The summed E-state index contributed by atoms with van der Waals surface area (Å²) in [5, 5.41) is 14.5. The van der Waals surface area contributed by atoms with Crippen LogP contribution in [0.15, 0.2) is 39.5 Å². The van der Waals surface area contributed by atoms with E-state index in [9.17, 15) is 5.11 Å². The number of aliphatic hydroxyl groups excluding tert-OH is 1. The molecule has 3 rings (SSSR count). The summed E-state index contributed by atoms with van der Waals surface area (Å²) < 4.78 is 1.00. The molecular formula is C14H13BrOS. The van der Waals surface area contributed by atoms with E-state index in [4.69, 9.17) is 0 Å². The first-order chi connectivity index (χ1) is 8.27. The number of benzene rings is 1. The van der Waals surface area contributed by atoms with Crippen molar-refractivity contribution in [1.82, 2.24) is 0 Å². The molecule has 1 aromatic heterocycles. The van der Waals surface area contributed by atoms with Crippen molar-refractivity contribution in [3.63, 3.8) is 0 Å².